The van der Waals surface area contributed by atoms with Crippen molar-refractivity contribution in [2.75, 3.05) is 31.1 Å². The molecule has 3 nitrogen and oxygen atoms in total. The Morgan fingerprint density at radius 2 is 1.61 bits per heavy atom. The van der Waals surface area contributed by atoms with Gasteiger partial charge in [-0.15, -0.1) is 0 Å². The first-order chi connectivity index (χ1) is 11.1. The number of benzene rings is 1. The molecule has 0 radical (unpaired) electrons. The second-order valence-electron chi connectivity index (χ2n) is 7.19. The zero-order valence-electron chi connectivity index (χ0n) is 13.2. The topological polar surface area (TPSA) is 23.6 Å². The highest BCUT2D eigenvalue weighted by Crippen LogP contribution is 2.44. The van der Waals surface area contributed by atoms with Crippen LogP contribution in [0.4, 0.5) is 5.69 Å². The number of ketones is 1. The summed E-state index contributed by atoms with van der Waals surface area (Å²) < 4.78 is 0. The number of anilines is 1. The molecule has 4 rings (SSSR count). The van der Waals surface area contributed by atoms with Gasteiger partial charge in [-0.1, -0.05) is 29.3 Å². The monoisotopic (exact) mass is 352 g/mol. The lowest BCUT2D eigenvalue weighted by Gasteiger charge is -2.39. The molecule has 3 fully saturated rings. The summed E-state index contributed by atoms with van der Waals surface area (Å²) in [6, 6.07) is 6.53. The molecule has 1 aromatic rings. The van der Waals surface area contributed by atoms with Crippen molar-refractivity contribution in [2.24, 2.45) is 11.8 Å². The Morgan fingerprint density at radius 3 is 2.26 bits per heavy atom. The normalized spacial score (nSPS) is 31.7. The summed E-state index contributed by atoms with van der Waals surface area (Å²) in [6.45, 7) is 4.12. The minimum Gasteiger partial charge on any atom is -0.368 e. The molecule has 2 unspecified atom stereocenters. The fraction of sp³-hybridized carbons (Fsp3) is 0.611. The largest absolute Gasteiger partial charge is 0.368 e. The van der Waals surface area contributed by atoms with Gasteiger partial charge in [0.05, 0.1) is 15.7 Å². The van der Waals surface area contributed by atoms with E-state index in [1.54, 1.807) is 0 Å². The van der Waals surface area contributed by atoms with Crippen LogP contribution in [0.1, 0.15) is 25.7 Å². The highest BCUT2D eigenvalue weighted by atomic mass is 35.5. The van der Waals surface area contributed by atoms with Gasteiger partial charge in [-0.25, -0.2) is 0 Å². The SMILES string of the molecule is O=C1CC2CC(N3CCN(c4cccc(Cl)c4Cl)CC3)CC2C1. The maximum Gasteiger partial charge on any atom is 0.133 e. The van der Waals surface area contributed by atoms with E-state index in [2.05, 4.69) is 15.9 Å². The van der Waals surface area contributed by atoms with Gasteiger partial charge in [-0.05, 0) is 36.8 Å². The van der Waals surface area contributed by atoms with E-state index in [1.165, 1.54) is 12.8 Å². The first-order valence-electron chi connectivity index (χ1n) is 8.56. The standard InChI is InChI=1S/C18H22Cl2N2O/c19-16-2-1-3-17(18(16)20)22-6-4-21(5-7-22)14-8-12-10-15(23)11-13(12)9-14/h1-3,12-14H,4-11H2. The predicted octanol–water partition coefficient (Wildman–Crippen LogP) is 3.87. The lowest BCUT2D eigenvalue weighted by molar-refractivity contribution is -0.117. The molecule has 124 valence electrons. The molecule has 23 heavy (non-hydrogen) atoms. The molecular formula is C18H22Cl2N2O. The quantitative estimate of drug-likeness (QED) is 0.806. The van der Waals surface area contributed by atoms with E-state index in [0.717, 1.165) is 44.7 Å². The van der Waals surface area contributed by atoms with Gasteiger partial charge < -0.3 is 4.90 Å². The van der Waals surface area contributed by atoms with Crippen LogP contribution in [-0.4, -0.2) is 42.9 Å². The Balaban J connectivity index is 1.37. The molecule has 1 aromatic carbocycles. The lowest BCUT2D eigenvalue weighted by atomic mass is 10.0. The van der Waals surface area contributed by atoms with E-state index >= 15 is 0 Å². The highest BCUT2D eigenvalue weighted by Gasteiger charge is 2.43. The van der Waals surface area contributed by atoms with Crippen molar-refractivity contribution in [3.63, 3.8) is 0 Å². The van der Waals surface area contributed by atoms with Gasteiger partial charge in [0.15, 0.2) is 0 Å². The van der Waals surface area contributed by atoms with Crippen LogP contribution in [0.15, 0.2) is 18.2 Å². The Labute approximate surface area is 147 Å². The summed E-state index contributed by atoms with van der Waals surface area (Å²) in [5.74, 6) is 1.81. The molecule has 0 amide bonds. The smallest absolute Gasteiger partial charge is 0.133 e. The first-order valence-corrected chi connectivity index (χ1v) is 9.32. The third-order valence-electron chi connectivity index (χ3n) is 5.90. The molecule has 1 aliphatic heterocycles. The third kappa shape index (κ3) is 2.99. The van der Waals surface area contributed by atoms with Crippen molar-refractivity contribution in [1.82, 2.24) is 4.90 Å². The third-order valence-corrected chi connectivity index (χ3v) is 6.71. The number of Topliss-reactive ketones (excluding diaryl/α,β-unsaturated/α-hetero) is 1. The number of nitrogens with zero attached hydrogens (tertiary/aromatic N) is 2. The maximum atomic E-state index is 11.6. The van der Waals surface area contributed by atoms with E-state index in [9.17, 15) is 4.79 Å². The van der Waals surface area contributed by atoms with Crippen LogP contribution in [0.5, 0.6) is 0 Å². The molecule has 1 heterocycles. The summed E-state index contributed by atoms with van der Waals surface area (Å²) >= 11 is 12.5. The van der Waals surface area contributed by atoms with Crippen LogP contribution in [0, 0.1) is 11.8 Å². The van der Waals surface area contributed by atoms with Crippen LogP contribution < -0.4 is 4.90 Å². The van der Waals surface area contributed by atoms with E-state index < -0.39 is 0 Å². The lowest BCUT2D eigenvalue weighted by Crippen LogP contribution is -2.50. The molecule has 2 aliphatic carbocycles. The van der Waals surface area contributed by atoms with Crippen molar-refractivity contribution < 1.29 is 4.79 Å². The zero-order chi connectivity index (χ0) is 16.0. The van der Waals surface area contributed by atoms with Crippen molar-refractivity contribution in [1.29, 1.82) is 0 Å². The Kier molecular flexibility index (Phi) is 4.29. The number of hydrogen-bond donors (Lipinski definition) is 0. The second kappa shape index (κ2) is 6.27. The Morgan fingerprint density at radius 1 is 0.957 bits per heavy atom. The van der Waals surface area contributed by atoms with Crippen molar-refractivity contribution in [3.05, 3.63) is 28.2 Å². The molecule has 3 aliphatic rings. The molecule has 2 atom stereocenters. The molecule has 5 heteroatoms. The van der Waals surface area contributed by atoms with Crippen molar-refractivity contribution in [3.8, 4) is 0 Å². The summed E-state index contributed by atoms with van der Waals surface area (Å²) in [5.41, 5.74) is 1.05. The summed E-state index contributed by atoms with van der Waals surface area (Å²) in [4.78, 5) is 16.5. The molecule has 2 saturated carbocycles. The fourth-order valence-corrected chi connectivity index (χ4v) is 5.13. The number of fused-ring (bicyclic) bond motifs is 1. The van der Waals surface area contributed by atoms with Gasteiger partial charge in [-0.3, -0.25) is 9.69 Å². The average Bonchev–Trinajstić information content (AvgIpc) is 3.07. The number of halogens is 2. The molecule has 0 bridgehead atoms. The van der Waals surface area contributed by atoms with Gasteiger partial charge in [0.2, 0.25) is 0 Å². The fourth-order valence-electron chi connectivity index (χ4n) is 4.71. The highest BCUT2D eigenvalue weighted by molar-refractivity contribution is 6.43. The molecule has 0 N–H and O–H groups in total. The number of carbonyl (C=O) groups excluding carboxylic acids is 1. The predicted molar refractivity (Wildman–Crippen MR) is 94.5 cm³/mol. The van der Waals surface area contributed by atoms with E-state index in [1.807, 2.05) is 12.1 Å². The number of rotatable bonds is 2. The Hall–Kier alpha value is -0.770. The second-order valence-corrected chi connectivity index (χ2v) is 7.97. The van der Waals surface area contributed by atoms with Gasteiger partial charge in [0.25, 0.3) is 0 Å². The zero-order valence-corrected chi connectivity index (χ0v) is 14.7. The molecule has 1 saturated heterocycles. The van der Waals surface area contributed by atoms with Gasteiger partial charge in [0.1, 0.15) is 5.78 Å². The maximum absolute atomic E-state index is 11.6. The molecule has 0 aromatic heterocycles. The minimum atomic E-state index is 0.485. The van der Waals surface area contributed by atoms with Crippen molar-refractivity contribution >= 4 is 34.7 Å². The van der Waals surface area contributed by atoms with Crippen LogP contribution >= 0.6 is 23.2 Å². The number of carbonyl (C=O) groups is 1. The van der Waals surface area contributed by atoms with Crippen LogP contribution in [0.25, 0.3) is 0 Å². The van der Waals surface area contributed by atoms with E-state index in [4.69, 9.17) is 23.2 Å². The number of hydrogen-bond acceptors (Lipinski definition) is 3. The summed E-state index contributed by atoms with van der Waals surface area (Å²) in [5, 5.41) is 1.29. The Bertz CT molecular complexity index is 597. The number of piperazine rings is 1. The van der Waals surface area contributed by atoms with Gasteiger partial charge in [-0.2, -0.15) is 0 Å². The van der Waals surface area contributed by atoms with Gasteiger partial charge >= 0.3 is 0 Å². The minimum absolute atomic E-state index is 0.485. The van der Waals surface area contributed by atoms with E-state index in [-0.39, 0.29) is 0 Å². The molecule has 0 spiro atoms. The van der Waals surface area contributed by atoms with Crippen LogP contribution in [0.3, 0.4) is 0 Å². The van der Waals surface area contributed by atoms with Crippen LogP contribution in [0.2, 0.25) is 10.0 Å². The van der Waals surface area contributed by atoms with E-state index in [0.29, 0.717) is 33.7 Å². The van der Waals surface area contributed by atoms with Gasteiger partial charge in [0, 0.05) is 45.1 Å². The summed E-state index contributed by atoms with van der Waals surface area (Å²) in [7, 11) is 0. The molecular weight excluding hydrogens is 331 g/mol. The average molecular weight is 353 g/mol. The van der Waals surface area contributed by atoms with Crippen molar-refractivity contribution in [2.45, 2.75) is 31.7 Å². The summed E-state index contributed by atoms with van der Waals surface area (Å²) in [6.07, 6.45) is 4.10. The van der Waals surface area contributed by atoms with Crippen LogP contribution in [-0.2, 0) is 4.79 Å². The first kappa shape index (κ1) is 15.7.